The molecule has 0 spiro atoms. The first-order valence-corrected chi connectivity index (χ1v) is 23.7. The second kappa shape index (κ2) is 15.7. The highest BCUT2D eigenvalue weighted by atomic mass is 16.3. The molecule has 3 heteroatoms. The Hall–Kier alpha value is -9.18. The molecule has 0 aliphatic carbocycles. The zero-order chi connectivity index (χ0) is 45.4. The van der Waals surface area contributed by atoms with Gasteiger partial charge in [0.25, 0.3) is 0 Å². The Kier molecular flexibility index (Phi) is 8.90. The van der Waals surface area contributed by atoms with E-state index in [1.807, 2.05) is 6.07 Å². The summed E-state index contributed by atoms with van der Waals surface area (Å²) in [6, 6.07) is 92.5. The zero-order valence-corrected chi connectivity index (χ0v) is 37.6. The van der Waals surface area contributed by atoms with E-state index < -0.39 is 0 Å². The van der Waals surface area contributed by atoms with E-state index in [0.29, 0.717) is 0 Å². The van der Waals surface area contributed by atoms with Crippen molar-refractivity contribution in [3.63, 3.8) is 0 Å². The van der Waals surface area contributed by atoms with Crippen molar-refractivity contribution in [1.82, 2.24) is 4.57 Å². The fourth-order valence-electron chi connectivity index (χ4n) is 10.9. The lowest BCUT2D eigenvalue weighted by atomic mass is 9.94. The molecule has 69 heavy (non-hydrogen) atoms. The van der Waals surface area contributed by atoms with Gasteiger partial charge >= 0.3 is 0 Å². The van der Waals surface area contributed by atoms with Crippen LogP contribution in [0.15, 0.2) is 259 Å². The first-order valence-electron chi connectivity index (χ1n) is 23.7. The van der Waals surface area contributed by atoms with Crippen LogP contribution in [0.5, 0.6) is 0 Å². The molecule has 0 aliphatic rings. The highest BCUT2D eigenvalue weighted by molar-refractivity contribution is 6.18. The van der Waals surface area contributed by atoms with Crippen molar-refractivity contribution in [1.29, 1.82) is 0 Å². The molecule has 0 unspecified atom stereocenters. The lowest BCUT2D eigenvalue weighted by Gasteiger charge is -2.27. The standard InChI is InChI=1S/C66H42N2O/c1-3-14-43(15-4-1)52-18-7-8-19-53(52)44-28-32-50(33-29-44)67(62-24-13-22-59-57(62)37-38-60-58-21-10-12-25-65(58)69-66(59)60)51-34-36-55-48(41-51)27-26-47-40-45(30-35-54(47)55)46-31-39-64-61(42-46)56-20-9-11-23-63(56)68(64)49-16-5-2-6-17-49/h1-42H. The summed E-state index contributed by atoms with van der Waals surface area (Å²) in [5.41, 5.74) is 15.8. The van der Waals surface area contributed by atoms with Crippen LogP contribution in [0, 0.1) is 0 Å². The number of hydrogen-bond acceptors (Lipinski definition) is 2. The number of anilines is 3. The predicted octanol–water partition coefficient (Wildman–Crippen LogP) is 18.6. The third-order valence-electron chi connectivity index (χ3n) is 14.2. The molecule has 0 amide bonds. The maximum atomic E-state index is 6.59. The Morgan fingerprint density at radius 2 is 0.855 bits per heavy atom. The van der Waals surface area contributed by atoms with Crippen molar-refractivity contribution in [3.05, 3.63) is 255 Å². The van der Waals surface area contributed by atoms with E-state index in [1.165, 1.54) is 82.4 Å². The SMILES string of the molecule is c1ccc(-c2ccccc2-c2ccc(N(c3ccc4c(ccc5cc(-c6ccc7c(c6)c6ccccc6n7-c6ccccc6)ccc54)c3)c3cccc4c3ccc3c5ccccc5oc43)cc2)cc1. The number of hydrogen-bond donors (Lipinski definition) is 0. The second-order valence-electron chi connectivity index (χ2n) is 18.0. The highest BCUT2D eigenvalue weighted by Crippen LogP contribution is 2.45. The highest BCUT2D eigenvalue weighted by Gasteiger charge is 2.20. The predicted molar refractivity (Wildman–Crippen MR) is 292 cm³/mol. The topological polar surface area (TPSA) is 21.3 Å². The molecule has 0 saturated heterocycles. The van der Waals surface area contributed by atoms with Crippen molar-refractivity contribution in [3.8, 4) is 39.1 Å². The van der Waals surface area contributed by atoms with E-state index in [1.54, 1.807) is 0 Å². The summed E-state index contributed by atoms with van der Waals surface area (Å²) in [6.45, 7) is 0. The van der Waals surface area contributed by atoms with Crippen LogP contribution in [-0.2, 0) is 0 Å². The number of aromatic nitrogens is 1. The van der Waals surface area contributed by atoms with E-state index in [9.17, 15) is 0 Å². The summed E-state index contributed by atoms with van der Waals surface area (Å²) in [7, 11) is 0. The molecular weight excluding hydrogens is 837 g/mol. The fourth-order valence-corrected chi connectivity index (χ4v) is 10.9. The van der Waals surface area contributed by atoms with Crippen LogP contribution in [0.1, 0.15) is 0 Å². The van der Waals surface area contributed by atoms with E-state index in [2.05, 4.69) is 258 Å². The molecule has 0 atom stereocenters. The van der Waals surface area contributed by atoms with Gasteiger partial charge in [-0.3, -0.25) is 0 Å². The largest absolute Gasteiger partial charge is 0.455 e. The maximum absolute atomic E-state index is 6.59. The lowest BCUT2D eigenvalue weighted by Crippen LogP contribution is -2.10. The Bertz CT molecular complexity index is 4300. The third kappa shape index (κ3) is 6.36. The molecular formula is C66H42N2O. The van der Waals surface area contributed by atoms with Crippen LogP contribution < -0.4 is 4.90 Å². The fraction of sp³-hybridized carbons (Fsp3) is 0. The number of para-hydroxylation sites is 3. The molecule has 0 fully saturated rings. The summed E-state index contributed by atoms with van der Waals surface area (Å²) in [5.74, 6) is 0. The van der Waals surface area contributed by atoms with Crippen LogP contribution >= 0.6 is 0 Å². The summed E-state index contributed by atoms with van der Waals surface area (Å²) >= 11 is 0. The van der Waals surface area contributed by atoms with E-state index in [0.717, 1.165) is 49.8 Å². The van der Waals surface area contributed by atoms with Crippen molar-refractivity contribution in [2.24, 2.45) is 0 Å². The van der Waals surface area contributed by atoms with Crippen LogP contribution in [0.2, 0.25) is 0 Å². The number of furan rings is 1. The molecule has 14 aromatic rings. The molecule has 0 saturated carbocycles. The lowest BCUT2D eigenvalue weighted by molar-refractivity contribution is 0.672. The second-order valence-corrected chi connectivity index (χ2v) is 18.0. The van der Waals surface area contributed by atoms with Gasteiger partial charge in [0, 0.05) is 49.4 Å². The van der Waals surface area contributed by atoms with Gasteiger partial charge < -0.3 is 13.9 Å². The first kappa shape index (κ1) is 39.0. The van der Waals surface area contributed by atoms with Crippen molar-refractivity contribution in [2.75, 3.05) is 4.90 Å². The molecule has 2 aromatic heterocycles. The molecule has 0 bridgehead atoms. The molecule has 322 valence electrons. The first-order chi connectivity index (χ1) is 34.2. The summed E-state index contributed by atoms with van der Waals surface area (Å²) in [5, 5.41) is 11.8. The number of rotatable bonds is 7. The van der Waals surface area contributed by atoms with E-state index in [-0.39, 0.29) is 0 Å². The number of nitrogens with zero attached hydrogens (tertiary/aromatic N) is 2. The molecule has 14 rings (SSSR count). The van der Waals surface area contributed by atoms with E-state index in [4.69, 9.17) is 4.42 Å². The van der Waals surface area contributed by atoms with Crippen molar-refractivity contribution in [2.45, 2.75) is 0 Å². The zero-order valence-electron chi connectivity index (χ0n) is 37.6. The van der Waals surface area contributed by atoms with Gasteiger partial charge in [0.15, 0.2) is 0 Å². The Morgan fingerprint density at radius 1 is 0.304 bits per heavy atom. The minimum Gasteiger partial charge on any atom is -0.455 e. The monoisotopic (exact) mass is 878 g/mol. The van der Waals surface area contributed by atoms with Crippen LogP contribution in [0.3, 0.4) is 0 Å². The number of fused-ring (bicyclic) bond motifs is 11. The molecule has 0 aliphatic heterocycles. The average molecular weight is 879 g/mol. The van der Waals surface area contributed by atoms with Gasteiger partial charge in [0.2, 0.25) is 0 Å². The Labute approximate surface area is 399 Å². The summed E-state index contributed by atoms with van der Waals surface area (Å²) in [4.78, 5) is 2.40. The third-order valence-corrected chi connectivity index (χ3v) is 14.2. The molecule has 3 nitrogen and oxygen atoms in total. The average Bonchev–Trinajstić information content (AvgIpc) is 3.97. The minimum absolute atomic E-state index is 0.899. The number of benzene rings is 12. The normalized spacial score (nSPS) is 11.8. The van der Waals surface area contributed by atoms with Crippen molar-refractivity contribution >= 4 is 93.1 Å². The maximum Gasteiger partial charge on any atom is 0.143 e. The van der Waals surface area contributed by atoms with Gasteiger partial charge in [-0.1, -0.05) is 176 Å². The van der Waals surface area contributed by atoms with Gasteiger partial charge in [-0.15, -0.1) is 0 Å². The van der Waals surface area contributed by atoms with Gasteiger partial charge in [-0.25, -0.2) is 0 Å². The Morgan fingerprint density at radius 3 is 1.67 bits per heavy atom. The van der Waals surface area contributed by atoms with Gasteiger partial charge in [-0.2, -0.15) is 0 Å². The van der Waals surface area contributed by atoms with Gasteiger partial charge in [0.05, 0.1) is 16.7 Å². The van der Waals surface area contributed by atoms with Gasteiger partial charge in [-0.05, 0) is 134 Å². The minimum atomic E-state index is 0.899. The molecule has 0 radical (unpaired) electrons. The quantitative estimate of drug-likeness (QED) is 0.149. The molecule has 0 N–H and O–H groups in total. The van der Waals surface area contributed by atoms with Crippen LogP contribution in [-0.4, -0.2) is 4.57 Å². The van der Waals surface area contributed by atoms with E-state index >= 15 is 0 Å². The molecule has 2 heterocycles. The smallest absolute Gasteiger partial charge is 0.143 e. The van der Waals surface area contributed by atoms with Crippen LogP contribution in [0.25, 0.3) is 115 Å². The molecule has 12 aromatic carbocycles. The van der Waals surface area contributed by atoms with Gasteiger partial charge in [0.1, 0.15) is 11.2 Å². The summed E-state index contributed by atoms with van der Waals surface area (Å²) < 4.78 is 8.97. The summed E-state index contributed by atoms with van der Waals surface area (Å²) in [6.07, 6.45) is 0. The van der Waals surface area contributed by atoms with Crippen molar-refractivity contribution < 1.29 is 4.42 Å². The Balaban J connectivity index is 0.887. The van der Waals surface area contributed by atoms with Crippen LogP contribution in [0.4, 0.5) is 17.1 Å².